The molecule has 0 saturated carbocycles. The van der Waals surface area contributed by atoms with Gasteiger partial charge in [0, 0.05) is 6.42 Å². The summed E-state index contributed by atoms with van der Waals surface area (Å²) in [5, 5.41) is 0. The lowest BCUT2D eigenvalue weighted by Crippen LogP contribution is -2.51. The van der Waals surface area contributed by atoms with E-state index >= 15 is 0 Å². The fraction of sp³-hybridized carbons (Fsp3) is 0.444. The summed E-state index contributed by atoms with van der Waals surface area (Å²) < 4.78 is 11.2. The second-order valence-electron chi connectivity index (χ2n) is 6.08. The lowest BCUT2D eigenvalue weighted by Gasteiger charge is -2.32. The van der Waals surface area contributed by atoms with Gasteiger partial charge in [0.25, 0.3) is 0 Å². The Morgan fingerprint density at radius 1 is 1.35 bits per heavy atom. The summed E-state index contributed by atoms with van der Waals surface area (Å²) in [5.74, 6) is -0.102. The molecule has 0 unspecified atom stereocenters. The zero-order chi connectivity index (χ0) is 17.0. The molecule has 1 heterocycles. The second kappa shape index (κ2) is 6.96. The van der Waals surface area contributed by atoms with E-state index in [1.165, 1.54) is 11.0 Å². The van der Waals surface area contributed by atoms with Crippen LogP contribution >= 0.6 is 0 Å². The predicted octanol–water partition coefficient (Wildman–Crippen LogP) is 3.29. The van der Waals surface area contributed by atoms with Crippen LogP contribution < -0.4 is 0 Å². The van der Waals surface area contributed by atoms with Gasteiger partial charge in [-0.15, -0.1) is 6.58 Å². The Labute approximate surface area is 136 Å². The lowest BCUT2D eigenvalue weighted by molar-refractivity contribution is -0.123. The van der Waals surface area contributed by atoms with Crippen LogP contribution in [0.4, 0.5) is 4.79 Å². The summed E-state index contributed by atoms with van der Waals surface area (Å²) in [5.41, 5.74) is -0.00454. The van der Waals surface area contributed by atoms with Crippen molar-refractivity contribution in [2.45, 2.75) is 51.7 Å². The number of rotatable bonds is 5. The second-order valence-corrected chi connectivity index (χ2v) is 6.08. The number of allylic oxidation sites excluding steroid dienone is 1. The van der Waals surface area contributed by atoms with Gasteiger partial charge < -0.3 is 9.47 Å². The molecule has 1 saturated heterocycles. The van der Waals surface area contributed by atoms with Crippen molar-refractivity contribution in [2.24, 2.45) is 0 Å². The first kappa shape index (κ1) is 17.2. The van der Waals surface area contributed by atoms with Crippen molar-refractivity contribution in [3.63, 3.8) is 0 Å². The van der Waals surface area contributed by atoms with Gasteiger partial charge in [-0.3, -0.25) is 9.69 Å². The molecule has 1 fully saturated rings. The van der Waals surface area contributed by atoms with Crippen LogP contribution in [-0.4, -0.2) is 34.6 Å². The zero-order valence-electron chi connectivity index (χ0n) is 13.8. The maximum absolute atomic E-state index is 12.5. The molecule has 2 rings (SSSR count). The highest BCUT2D eigenvalue weighted by Crippen LogP contribution is 2.33. The van der Waals surface area contributed by atoms with E-state index in [0.29, 0.717) is 0 Å². The number of hydrogen-bond acceptors (Lipinski definition) is 4. The summed E-state index contributed by atoms with van der Waals surface area (Å²) in [6.07, 6.45) is 0.789. The minimum Gasteiger partial charge on any atom is -0.444 e. The number of hydrogen-bond donors (Lipinski definition) is 0. The molecule has 124 valence electrons. The Balaban J connectivity index is 2.13. The number of amides is 1. The predicted molar refractivity (Wildman–Crippen MR) is 86.7 cm³/mol. The van der Waals surface area contributed by atoms with Crippen LogP contribution in [0.15, 0.2) is 43.0 Å². The number of ether oxygens (including phenoxy) is 2. The van der Waals surface area contributed by atoms with Gasteiger partial charge in [-0.1, -0.05) is 36.4 Å². The van der Waals surface area contributed by atoms with Crippen molar-refractivity contribution >= 4 is 11.9 Å². The van der Waals surface area contributed by atoms with Crippen LogP contribution in [0.2, 0.25) is 0 Å². The van der Waals surface area contributed by atoms with Gasteiger partial charge in [-0.05, 0) is 26.3 Å². The van der Waals surface area contributed by atoms with Crippen molar-refractivity contribution in [1.29, 1.82) is 0 Å². The monoisotopic (exact) mass is 317 g/mol. The average Bonchev–Trinajstić information content (AvgIpc) is 2.75. The quantitative estimate of drug-likeness (QED) is 0.782. The summed E-state index contributed by atoms with van der Waals surface area (Å²) in [6, 6.07) is 8.75. The minimum absolute atomic E-state index is 0.102. The molecule has 2 atom stereocenters. The van der Waals surface area contributed by atoms with E-state index in [-0.39, 0.29) is 24.9 Å². The molecule has 23 heavy (non-hydrogen) atoms. The molecule has 1 aliphatic rings. The fourth-order valence-electron chi connectivity index (χ4n) is 2.91. The molecule has 0 N–H and O–H groups in total. The molecule has 1 amide bonds. The molecule has 1 aliphatic heterocycles. The summed E-state index contributed by atoms with van der Waals surface area (Å²) >= 11 is 0. The standard InChI is InChI=1S/C18H23NO4/c1-5-9-15(20)16-13(2)23-18(3,4)19(16)17(21)22-12-14-10-7-6-8-11-14/h5-8,10-11,13,16H,1,9,12H2,2-4H3/t13-,16+/m0/s1. The van der Waals surface area contributed by atoms with Gasteiger partial charge in [-0.25, -0.2) is 4.79 Å². The first-order valence-corrected chi connectivity index (χ1v) is 7.68. The van der Waals surface area contributed by atoms with E-state index in [4.69, 9.17) is 9.47 Å². The van der Waals surface area contributed by atoms with Gasteiger partial charge in [0.2, 0.25) is 0 Å². The van der Waals surface area contributed by atoms with Crippen molar-refractivity contribution < 1.29 is 19.1 Å². The fourth-order valence-corrected chi connectivity index (χ4v) is 2.91. The first-order chi connectivity index (χ1) is 10.9. The minimum atomic E-state index is -0.894. The third-order valence-electron chi connectivity index (χ3n) is 3.85. The van der Waals surface area contributed by atoms with E-state index in [9.17, 15) is 9.59 Å². The summed E-state index contributed by atoms with van der Waals surface area (Å²) in [6.45, 7) is 9.05. The Morgan fingerprint density at radius 2 is 2.00 bits per heavy atom. The van der Waals surface area contributed by atoms with E-state index in [0.717, 1.165) is 5.56 Å². The normalized spacial score (nSPS) is 22.7. The molecule has 0 spiro atoms. The Kier molecular flexibility index (Phi) is 5.21. The number of Topliss-reactive ketones (excluding diaryl/α,β-unsaturated/α-hetero) is 1. The molecular formula is C18H23NO4. The van der Waals surface area contributed by atoms with E-state index < -0.39 is 17.9 Å². The maximum atomic E-state index is 12.5. The van der Waals surface area contributed by atoms with Crippen molar-refractivity contribution in [1.82, 2.24) is 4.90 Å². The highest BCUT2D eigenvalue weighted by Gasteiger charge is 2.51. The molecule has 0 radical (unpaired) electrons. The summed E-state index contributed by atoms with van der Waals surface area (Å²) in [7, 11) is 0. The Hall–Kier alpha value is -2.14. The van der Waals surface area contributed by atoms with Gasteiger partial charge in [-0.2, -0.15) is 0 Å². The molecule has 0 aliphatic carbocycles. The van der Waals surface area contributed by atoms with Crippen LogP contribution in [0.3, 0.4) is 0 Å². The SMILES string of the molecule is C=CCC(=O)[C@H]1[C@H](C)OC(C)(C)N1C(=O)OCc1ccccc1. The average molecular weight is 317 g/mol. The number of carbonyl (C=O) groups excluding carboxylic acids is 2. The molecule has 1 aromatic rings. The third kappa shape index (κ3) is 3.79. The van der Waals surface area contributed by atoms with Crippen molar-refractivity contribution in [3.8, 4) is 0 Å². The van der Waals surface area contributed by atoms with Crippen molar-refractivity contribution in [3.05, 3.63) is 48.6 Å². The number of nitrogens with zero attached hydrogens (tertiary/aromatic N) is 1. The first-order valence-electron chi connectivity index (χ1n) is 7.68. The van der Waals surface area contributed by atoms with Crippen LogP contribution in [0, 0.1) is 0 Å². The zero-order valence-corrected chi connectivity index (χ0v) is 13.8. The molecule has 0 aromatic heterocycles. The maximum Gasteiger partial charge on any atom is 0.413 e. The lowest BCUT2D eigenvalue weighted by atomic mass is 10.0. The van der Waals surface area contributed by atoms with Crippen LogP contribution in [0.5, 0.6) is 0 Å². The van der Waals surface area contributed by atoms with Crippen LogP contribution in [0.25, 0.3) is 0 Å². The largest absolute Gasteiger partial charge is 0.444 e. The van der Waals surface area contributed by atoms with E-state index in [2.05, 4.69) is 6.58 Å². The third-order valence-corrected chi connectivity index (χ3v) is 3.85. The molecule has 1 aromatic carbocycles. The number of benzene rings is 1. The molecule has 5 heteroatoms. The van der Waals surface area contributed by atoms with Crippen molar-refractivity contribution in [2.75, 3.05) is 0 Å². The van der Waals surface area contributed by atoms with Gasteiger partial charge in [0.05, 0.1) is 6.10 Å². The number of carbonyl (C=O) groups is 2. The van der Waals surface area contributed by atoms with Gasteiger partial charge in [0.15, 0.2) is 5.78 Å². The smallest absolute Gasteiger partial charge is 0.413 e. The van der Waals surface area contributed by atoms with E-state index in [1.807, 2.05) is 30.3 Å². The van der Waals surface area contributed by atoms with E-state index in [1.54, 1.807) is 20.8 Å². The van der Waals surface area contributed by atoms with Gasteiger partial charge in [0.1, 0.15) is 18.4 Å². The number of ketones is 1. The summed E-state index contributed by atoms with van der Waals surface area (Å²) in [4.78, 5) is 26.3. The Morgan fingerprint density at radius 3 is 2.61 bits per heavy atom. The highest BCUT2D eigenvalue weighted by molar-refractivity contribution is 5.89. The molecule has 0 bridgehead atoms. The van der Waals surface area contributed by atoms with Gasteiger partial charge >= 0.3 is 6.09 Å². The van der Waals surface area contributed by atoms with Crippen LogP contribution in [-0.2, 0) is 20.9 Å². The Bertz CT molecular complexity index is 582. The molecule has 5 nitrogen and oxygen atoms in total. The topological polar surface area (TPSA) is 55.8 Å². The van der Waals surface area contributed by atoms with Crippen LogP contribution in [0.1, 0.15) is 32.8 Å². The highest BCUT2D eigenvalue weighted by atomic mass is 16.6. The molecular weight excluding hydrogens is 294 g/mol.